The summed E-state index contributed by atoms with van der Waals surface area (Å²) in [6.45, 7) is 4.34. The lowest BCUT2D eigenvalue weighted by molar-refractivity contribution is -0.305. The third-order valence-electron chi connectivity index (χ3n) is 11.3. The first-order valence-electron chi connectivity index (χ1n) is 25.7. The van der Waals surface area contributed by atoms with Crippen LogP contribution in [-0.4, -0.2) is 89.6 Å². The SMILES string of the molecule is CC/C=C\C/C=C\C/C=C\C/C=C\C/C=C\C/C=C\C/C=C\CCCCOCC(COC1OC(CO)C(O)C(O)C1O)OC(=O)CCCCCCCCCCCCCCCCCCC. The summed E-state index contributed by atoms with van der Waals surface area (Å²) in [5, 5.41) is 40.2. The molecule has 1 saturated heterocycles. The molecular weight excluding hydrogens is 805 g/mol. The molecule has 1 aliphatic rings. The average Bonchev–Trinajstić information content (AvgIpc) is 3.30. The Morgan fingerprint density at radius 1 is 0.516 bits per heavy atom. The Balaban J connectivity index is 2.26. The van der Waals surface area contributed by atoms with Crippen LogP contribution in [0.25, 0.3) is 0 Å². The average molecular weight is 899 g/mol. The van der Waals surface area contributed by atoms with Crippen molar-refractivity contribution in [3.05, 3.63) is 85.1 Å². The molecule has 0 aromatic heterocycles. The minimum Gasteiger partial charge on any atom is -0.457 e. The standard InChI is InChI=1S/C55H94O9/c1-3-5-7-9-11-13-15-17-19-21-22-23-24-25-26-27-29-31-33-35-37-39-41-43-45-61-47-49(48-62-55-54(60)53(59)52(58)50(46-56)64-55)63-51(57)44-42-40-38-36-34-32-30-28-20-18-16-14-12-10-8-6-4-2/h5,7,11,13,17,19,22-23,25-26,29,31,35,37,49-50,52-56,58-60H,3-4,6,8-10,12,14-16,18,20-21,24,27-28,30,32-34,36,38-48H2,1-2H3/b7-5-,13-11-,19-17-,23-22-,26-25-,31-29-,37-35-. The first kappa shape index (κ1) is 59.4. The normalized spacial score (nSPS) is 20.2. The van der Waals surface area contributed by atoms with Gasteiger partial charge >= 0.3 is 5.97 Å². The molecule has 9 nitrogen and oxygen atoms in total. The van der Waals surface area contributed by atoms with E-state index in [0.29, 0.717) is 13.0 Å². The van der Waals surface area contributed by atoms with Crippen LogP contribution in [0.5, 0.6) is 0 Å². The van der Waals surface area contributed by atoms with Crippen LogP contribution in [0.2, 0.25) is 0 Å². The Kier molecular flexibility index (Phi) is 42.2. The van der Waals surface area contributed by atoms with Crippen LogP contribution < -0.4 is 0 Å². The Morgan fingerprint density at radius 2 is 0.953 bits per heavy atom. The van der Waals surface area contributed by atoms with Crippen molar-refractivity contribution in [1.29, 1.82) is 0 Å². The van der Waals surface area contributed by atoms with E-state index in [9.17, 15) is 25.2 Å². The highest BCUT2D eigenvalue weighted by Crippen LogP contribution is 2.23. The molecule has 0 saturated carbocycles. The van der Waals surface area contributed by atoms with Crippen molar-refractivity contribution in [2.24, 2.45) is 0 Å². The fourth-order valence-corrected chi connectivity index (χ4v) is 7.35. The monoisotopic (exact) mass is 899 g/mol. The number of unbranched alkanes of at least 4 members (excludes halogenated alkanes) is 18. The van der Waals surface area contributed by atoms with Crippen molar-refractivity contribution in [2.75, 3.05) is 26.4 Å². The fraction of sp³-hybridized carbons (Fsp3) is 0.727. The first-order chi connectivity index (χ1) is 31.4. The van der Waals surface area contributed by atoms with Gasteiger partial charge in [-0.1, -0.05) is 202 Å². The van der Waals surface area contributed by atoms with Gasteiger partial charge in [-0.2, -0.15) is 0 Å². The lowest BCUT2D eigenvalue weighted by Crippen LogP contribution is -2.59. The molecule has 6 unspecified atom stereocenters. The lowest BCUT2D eigenvalue weighted by Gasteiger charge is -2.39. The highest BCUT2D eigenvalue weighted by molar-refractivity contribution is 5.69. The summed E-state index contributed by atoms with van der Waals surface area (Å²) in [6, 6.07) is 0. The van der Waals surface area contributed by atoms with Gasteiger partial charge in [0.2, 0.25) is 0 Å². The summed E-state index contributed by atoms with van der Waals surface area (Å²) in [5.41, 5.74) is 0. The molecule has 0 aliphatic carbocycles. The molecule has 0 aromatic rings. The molecule has 1 fully saturated rings. The van der Waals surface area contributed by atoms with Crippen molar-refractivity contribution >= 4 is 5.97 Å². The maximum Gasteiger partial charge on any atom is 0.306 e. The number of carbonyl (C=O) groups excluding carboxylic acids is 1. The number of ether oxygens (including phenoxy) is 4. The maximum atomic E-state index is 12.8. The van der Waals surface area contributed by atoms with Crippen LogP contribution >= 0.6 is 0 Å². The summed E-state index contributed by atoms with van der Waals surface area (Å²) in [5.74, 6) is -0.330. The molecule has 4 N–H and O–H groups in total. The summed E-state index contributed by atoms with van der Waals surface area (Å²) < 4.78 is 22.8. The van der Waals surface area contributed by atoms with E-state index in [2.05, 4.69) is 98.9 Å². The van der Waals surface area contributed by atoms with Gasteiger partial charge in [-0.15, -0.1) is 0 Å². The Morgan fingerprint density at radius 3 is 1.41 bits per heavy atom. The zero-order valence-corrected chi connectivity index (χ0v) is 40.5. The molecule has 1 heterocycles. The highest BCUT2D eigenvalue weighted by Gasteiger charge is 2.44. The van der Waals surface area contributed by atoms with Crippen LogP contribution in [0.3, 0.4) is 0 Å². The van der Waals surface area contributed by atoms with Gasteiger partial charge in [-0.05, 0) is 70.6 Å². The second-order valence-corrected chi connectivity index (χ2v) is 17.2. The molecule has 1 rings (SSSR count). The van der Waals surface area contributed by atoms with Gasteiger partial charge in [-0.25, -0.2) is 0 Å². The minimum absolute atomic E-state index is 0.112. The van der Waals surface area contributed by atoms with Gasteiger partial charge < -0.3 is 39.4 Å². The summed E-state index contributed by atoms with van der Waals surface area (Å²) in [4.78, 5) is 12.8. The van der Waals surface area contributed by atoms with Gasteiger partial charge in [-0.3, -0.25) is 4.79 Å². The molecule has 0 amide bonds. The molecule has 1 aliphatic heterocycles. The summed E-state index contributed by atoms with van der Waals surface area (Å²) in [6.07, 6.45) is 54.8. The van der Waals surface area contributed by atoms with Gasteiger partial charge in [0.1, 0.15) is 30.5 Å². The summed E-state index contributed by atoms with van der Waals surface area (Å²) >= 11 is 0. The third-order valence-corrected chi connectivity index (χ3v) is 11.3. The van der Waals surface area contributed by atoms with E-state index < -0.39 is 43.4 Å². The van der Waals surface area contributed by atoms with Gasteiger partial charge in [0.25, 0.3) is 0 Å². The Bertz CT molecular complexity index is 1250. The van der Waals surface area contributed by atoms with Crippen molar-refractivity contribution in [3.8, 4) is 0 Å². The van der Waals surface area contributed by atoms with Gasteiger partial charge in [0.15, 0.2) is 6.29 Å². The van der Waals surface area contributed by atoms with Gasteiger partial charge in [0, 0.05) is 13.0 Å². The second kappa shape index (κ2) is 45.5. The quantitative estimate of drug-likeness (QED) is 0.0268. The predicted molar refractivity (Wildman–Crippen MR) is 265 cm³/mol. The number of aliphatic hydroxyl groups is 4. The highest BCUT2D eigenvalue weighted by atomic mass is 16.7. The van der Waals surface area contributed by atoms with Crippen molar-refractivity contribution in [3.63, 3.8) is 0 Å². The van der Waals surface area contributed by atoms with E-state index in [0.717, 1.165) is 83.5 Å². The molecule has 6 atom stereocenters. The third kappa shape index (κ3) is 35.6. The van der Waals surface area contributed by atoms with Gasteiger partial charge in [0.05, 0.1) is 19.8 Å². The van der Waals surface area contributed by atoms with E-state index in [1.54, 1.807) is 0 Å². The molecule has 64 heavy (non-hydrogen) atoms. The molecule has 0 aromatic carbocycles. The van der Waals surface area contributed by atoms with E-state index in [1.807, 2.05) is 0 Å². The second-order valence-electron chi connectivity index (χ2n) is 17.2. The molecule has 368 valence electrons. The Labute approximate surface area is 390 Å². The number of hydrogen-bond donors (Lipinski definition) is 4. The predicted octanol–water partition coefficient (Wildman–Crippen LogP) is 12.6. The van der Waals surface area contributed by atoms with Crippen molar-refractivity contribution in [2.45, 2.75) is 230 Å². The topological polar surface area (TPSA) is 135 Å². The zero-order chi connectivity index (χ0) is 46.4. The fourth-order valence-electron chi connectivity index (χ4n) is 7.35. The molecule has 0 radical (unpaired) electrons. The van der Waals surface area contributed by atoms with Crippen LogP contribution in [0.15, 0.2) is 85.1 Å². The van der Waals surface area contributed by atoms with Crippen LogP contribution in [0, 0.1) is 0 Å². The molecule has 0 spiro atoms. The van der Waals surface area contributed by atoms with E-state index in [4.69, 9.17) is 18.9 Å². The number of rotatable bonds is 43. The van der Waals surface area contributed by atoms with Crippen molar-refractivity contribution in [1.82, 2.24) is 0 Å². The smallest absolute Gasteiger partial charge is 0.306 e. The number of hydrogen-bond acceptors (Lipinski definition) is 9. The van der Waals surface area contributed by atoms with Crippen LogP contribution in [-0.2, 0) is 23.7 Å². The number of carbonyl (C=O) groups is 1. The maximum absolute atomic E-state index is 12.8. The van der Waals surface area contributed by atoms with Crippen LogP contribution in [0.1, 0.15) is 194 Å². The van der Waals surface area contributed by atoms with E-state index in [-0.39, 0.29) is 19.2 Å². The molecular formula is C55H94O9. The summed E-state index contributed by atoms with van der Waals surface area (Å²) in [7, 11) is 0. The zero-order valence-electron chi connectivity index (χ0n) is 40.5. The molecule has 0 bridgehead atoms. The minimum atomic E-state index is -1.55. The van der Waals surface area contributed by atoms with E-state index in [1.165, 1.54) is 89.9 Å². The first-order valence-corrected chi connectivity index (χ1v) is 25.7. The number of allylic oxidation sites excluding steroid dienone is 14. The molecule has 9 heteroatoms. The Hall–Kier alpha value is -2.63. The van der Waals surface area contributed by atoms with Crippen LogP contribution in [0.4, 0.5) is 0 Å². The van der Waals surface area contributed by atoms with E-state index >= 15 is 0 Å². The van der Waals surface area contributed by atoms with Crippen molar-refractivity contribution < 1.29 is 44.2 Å². The number of esters is 1. The largest absolute Gasteiger partial charge is 0.457 e. The number of aliphatic hydroxyl groups excluding tert-OH is 4. The lowest BCUT2D eigenvalue weighted by atomic mass is 9.99.